The summed E-state index contributed by atoms with van der Waals surface area (Å²) in [5.41, 5.74) is 3.02. The smallest absolute Gasteiger partial charge is 0.432 e. The standard InChI is InChI=1S/C64H59F7O6/c65-52-41-50(42-53(66)57(52)64(70,71)77-51-43-54(67)58(69)55(68)44-51)56-59(72-36-16-31-45-21-6-1-7-22-45)61(74-38-18-33-47-25-10-3-11-26-47)63(76-40-20-35-49-29-14-5-15-30-49)62(75-39-19-34-48-27-12-4-13-28-48)60(56)73-37-17-32-46-23-8-2-9-24-46/h1-15,21-30,41-44H,16-20,31-40H2. The van der Waals surface area contributed by atoms with E-state index in [1.54, 1.807) is 0 Å². The molecule has 77 heavy (non-hydrogen) atoms. The van der Waals surface area contributed by atoms with E-state index in [0.717, 1.165) is 27.8 Å². The molecule has 0 saturated heterocycles. The van der Waals surface area contributed by atoms with Crippen LogP contribution in [-0.4, -0.2) is 33.0 Å². The maximum Gasteiger partial charge on any atom is 0.432 e. The molecule has 0 unspecified atom stereocenters. The third kappa shape index (κ3) is 15.6. The Morgan fingerprint density at radius 1 is 0.325 bits per heavy atom. The Bertz CT molecular complexity index is 2930. The van der Waals surface area contributed by atoms with Gasteiger partial charge < -0.3 is 28.4 Å². The molecule has 0 saturated carbocycles. The van der Waals surface area contributed by atoms with Crippen molar-refractivity contribution in [3.63, 3.8) is 0 Å². The lowest BCUT2D eigenvalue weighted by Crippen LogP contribution is -2.25. The second-order valence-corrected chi connectivity index (χ2v) is 18.3. The third-order valence-electron chi connectivity index (χ3n) is 12.6. The normalized spacial score (nSPS) is 11.3. The van der Waals surface area contributed by atoms with Crippen molar-refractivity contribution in [3.8, 4) is 45.6 Å². The number of alkyl halides is 2. The highest BCUT2D eigenvalue weighted by Gasteiger charge is 2.42. The lowest BCUT2D eigenvalue weighted by molar-refractivity contribution is -0.189. The van der Waals surface area contributed by atoms with Gasteiger partial charge in [0.25, 0.3) is 0 Å². The fraction of sp³-hybridized carbons (Fsp3) is 0.250. The first-order chi connectivity index (χ1) is 37.5. The molecule has 8 rings (SSSR count). The molecule has 6 nitrogen and oxygen atoms in total. The van der Waals surface area contributed by atoms with Crippen molar-refractivity contribution < 1.29 is 59.2 Å². The summed E-state index contributed by atoms with van der Waals surface area (Å²) in [6.45, 7) is 0.455. The third-order valence-corrected chi connectivity index (χ3v) is 12.6. The molecule has 13 heteroatoms. The highest BCUT2D eigenvalue weighted by Crippen LogP contribution is 2.58. The fourth-order valence-electron chi connectivity index (χ4n) is 8.83. The van der Waals surface area contributed by atoms with Crippen molar-refractivity contribution in [3.05, 3.63) is 238 Å². The van der Waals surface area contributed by atoms with Crippen molar-refractivity contribution in [1.29, 1.82) is 0 Å². The SMILES string of the molecule is Fc1cc(OC(F)(F)c2c(F)cc(-c3c(OCCCc4ccccc4)c(OCCCc4ccccc4)c(OCCCc4ccccc4)c(OCCCc4ccccc4)c3OCCCc3ccccc3)cc2F)cc(F)c1F. The van der Waals surface area contributed by atoms with Crippen LogP contribution in [0.2, 0.25) is 0 Å². The van der Waals surface area contributed by atoms with Crippen molar-refractivity contribution in [2.45, 2.75) is 70.3 Å². The number of halogens is 7. The number of hydrogen-bond acceptors (Lipinski definition) is 6. The van der Waals surface area contributed by atoms with Gasteiger partial charge in [0, 0.05) is 12.1 Å². The van der Waals surface area contributed by atoms with Gasteiger partial charge in [-0.15, -0.1) is 0 Å². The molecule has 0 N–H and O–H groups in total. The summed E-state index contributed by atoms with van der Waals surface area (Å²) in [7, 11) is 0. The molecule has 0 atom stereocenters. The summed E-state index contributed by atoms with van der Waals surface area (Å²) < 4.78 is 146. The zero-order chi connectivity index (χ0) is 53.8. The van der Waals surface area contributed by atoms with E-state index in [0.29, 0.717) is 76.3 Å². The van der Waals surface area contributed by atoms with E-state index in [9.17, 15) is 13.2 Å². The predicted octanol–water partition coefficient (Wildman–Crippen LogP) is 16.2. The molecule has 0 heterocycles. The van der Waals surface area contributed by atoms with Gasteiger partial charge in [-0.2, -0.15) is 8.78 Å². The second kappa shape index (κ2) is 27.7. The Balaban J connectivity index is 1.28. The average Bonchev–Trinajstić information content (AvgIpc) is 3.43. The van der Waals surface area contributed by atoms with Crippen LogP contribution >= 0.6 is 0 Å². The minimum atomic E-state index is -4.87. The molecule has 0 aliphatic heterocycles. The number of hydrogen-bond donors (Lipinski definition) is 0. The quantitative estimate of drug-likeness (QED) is 0.0265. The number of ether oxygens (including phenoxy) is 6. The van der Waals surface area contributed by atoms with E-state index < -0.39 is 46.5 Å². The van der Waals surface area contributed by atoms with Crippen LogP contribution in [0.4, 0.5) is 30.7 Å². The van der Waals surface area contributed by atoms with Gasteiger partial charge in [-0.05, 0) is 110 Å². The zero-order valence-corrected chi connectivity index (χ0v) is 42.4. The summed E-state index contributed by atoms with van der Waals surface area (Å²) in [6.07, 6.45) is 0.744. The monoisotopic (exact) mass is 1060 g/mol. The van der Waals surface area contributed by atoms with Gasteiger partial charge in [0.05, 0.1) is 38.6 Å². The Hall–Kier alpha value is -7.93. The zero-order valence-electron chi connectivity index (χ0n) is 42.4. The van der Waals surface area contributed by atoms with Crippen LogP contribution in [-0.2, 0) is 38.2 Å². The average molecular weight is 1060 g/mol. The number of benzene rings is 8. The summed E-state index contributed by atoms with van der Waals surface area (Å²) in [4.78, 5) is 0. The minimum absolute atomic E-state index is 0.0419. The van der Waals surface area contributed by atoms with Crippen LogP contribution in [0.15, 0.2) is 176 Å². The Morgan fingerprint density at radius 3 is 0.896 bits per heavy atom. The highest BCUT2D eigenvalue weighted by molar-refractivity contribution is 5.87. The molecule has 0 aliphatic carbocycles. The molecule has 400 valence electrons. The van der Waals surface area contributed by atoms with E-state index in [1.807, 2.05) is 152 Å². The van der Waals surface area contributed by atoms with Crippen LogP contribution < -0.4 is 28.4 Å². The molecule has 0 spiro atoms. The lowest BCUT2D eigenvalue weighted by Gasteiger charge is -2.27. The van der Waals surface area contributed by atoms with E-state index in [1.165, 1.54) is 0 Å². The molecule has 0 fully saturated rings. The number of aryl methyl sites for hydroxylation is 5. The molecule has 0 aliphatic rings. The molecular weight excluding hydrogens is 998 g/mol. The van der Waals surface area contributed by atoms with Crippen LogP contribution in [0.5, 0.6) is 34.5 Å². The predicted molar refractivity (Wildman–Crippen MR) is 284 cm³/mol. The summed E-state index contributed by atoms with van der Waals surface area (Å²) >= 11 is 0. The first-order valence-electron chi connectivity index (χ1n) is 25.8. The van der Waals surface area contributed by atoms with Gasteiger partial charge in [-0.1, -0.05) is 152 Å². The van der Waals surface area contributed by atoms with Gasteiger partial charge in [-0.25, -0.2) is 22.0 Å². The molecular formula is C64H59F7O6. The molecule has 8 aromatic carbocycles. The van der Waals surface area contributed by atoms with Gasteiger partial charge in [0.2, 0.25) is 17.2 Å². The van der Waals surface area contributed by atoms with E-state index in [-0.39, 0.29) is 85.0 Å². The van der Waals surface area contributed by atoms with Gasteiger partial charge >= 0.3 is 6.11 Å². The largest absolute Gasteiger partial charge is 0.489 e. The molecule has 0 amide bonds. The van der Waals surface area contributed by atoms with Crippen molar-refractivity contribution in [2.75, 3.05) is 33.0 Å². The molecule has 0 bridgehead atoms. The van der Waals surface area contributed by atoms with Crippen molar-refractivity contribution in [2.24, 2.45) is 0 Å². The highest BCUT2D eigenvalue weighted by atomic mass is 19.3. The first kappa shape index (κ1) is 55.3. The van der Waals surface area contributed by atoms with Crippen molar-refractivity contribution >= 4 is 0 Å². The topological polar surface area (TPSA) is 55.4 Å². The summed E-state index contributed by atoms with van der Waals surface area (Å²) in [6, 6.07) is 50.6. The van der Waals surface area contributed by atoms with Crippen LogP contribution in [0.1, 0.15) is 65.5 Å². The van der Waals surface area contributed by atoms with Gasteiger partial charge in [-0.3, -0.25) is 0 Å². The molecule has 0 aromatic heterocycles. The summed E-state index contributed by atoms with van der Waals surface area (Å²) in [5, 5.41) is 0. The molecule has 0 radical (unpaired) electrons. The lowest BCUT2D eigenvalue weighted by atomic mass is 9.98. The fourth-order valence-corrected chi connectivity index (χ4v) is 8.83. The van der Waals surface area contributed by atoms with Gasteiger partial charge in [0.15, 0.2) is 29.0 Å². The Kier molecular flexibility index (Phi) is 19.9. The maximum absolute atomic E-state index is 16.7. The van der Waals surface area contributed by atoms with E-state index in [2.05, 4.69) is 4.74 Å². The van der Waals surface area contributed by atoms with Crippen LogP contribution in [0.3, 0.4) is 0 Å². The number of rotatable bonds is 29. The minimum Gasteiger partial charge on any atom is -0.489 e. The van der Waals surface area contributed by atoms with Gasteiger partial charge in [0.1, 0.15) is 22.9 Å². The Labute approximate surface area is 445 Å². The van der Waals surface area contributed by atoms with Crippen molar-refractivity contribution in [1.82, 2.24) is 0 Å². The first-order valence-corrected chi connectivity index (χ1v) is 25.8. The Morgan fingerprint density at radius 2 is 0.597 bits per heavy atom. The van der Waals surface area contributed by atoms with Crippen LogP contribution in [0, 0.1) is 29.1 Å². The molecule has 8 aromatic rings. The summed E-state index contributed by atoms with van der Waals surface area (Å²) in [5.74, 6) is -10.3. The van der Waals surface area contributed by atoms with E-state index in [4.69, 9.17) is 23.7 Å². The maximum atomic E-state index is 16.7. The van der Waals surface area contributed by atoms with Crippen LogP contribution in [0.25, 0.3) is 11.1 Å². The van der Waals surface area contributed by atoms with E-state index >= 15 is 17.6 Å². The second-order valence-electron chi connectivity index (χ2n) is 18.3.